The molecule has 1 spiro atoms. The number of carbonyl (C=O) groups is 1. The fourth-order valence-corrected chi connectivity index (χ4v) is 4.03. The van der Waals surface area contributed by atoms with Crippen LogP contribution in [0.25, 0.3) is 0 Å². The zero-order valence-corrected chi connectivity index (χ0v) is 12.3. The summed E-state index contributed by atoms with van der Waals surface area (Å²) in [6.45, 7) is 3.92. The first-order valence-corrected chi connectivity index (χ1v) is 7.79. The van der Waals surface area contributed by atoms with Crippen LogP contribution in [-0.2, 0) is 4.79 Å². The Morgan fingerprint density at radius 3 is 2.32 bits per heavy atom. The van der Waals surface area contributed by atoms with E-state index < -0.39 is 0 Å². The predicted molar refractivity (Wildman–Crippen MR) is 75.9 cm³/mol. The maximum Gasteiger partial charge on any atom is 0.225 e. The third-order valence-electron chi connectivity index (χ3n) is 5.68. The number of piperazine rings is 1. The van der Waals surface area contributed by atoms with Crippen molar-refractivity contribution in [1.82, 2.24) is 15.1 Å². The lowest BCUT2D eigenvalue weighted by atomic mass is 9.78. The minimum Gasteiger partial charge on any atom is -0.340 e. The van der Waals surface area contributed by atoms with Crippen molar-refractivity contribution in [3.8, 4) is 0 Å². The van der Waals surface area contributed by atoms with Gasteiger partial charge in [0.15, 0.2) is 0 Å². The summed E-state index contributed by atoms with van der Waals surface area (Å²) < 4.78 is 0. The molecule has 1 N–H and O–H groups in total. The lowest BCUT2D eigenvalue weighted by molar-refractivity contribution is -0.138. The SMILES string of the molecule is CNC1CC12CCC(C(=O)N1CCN(C)CC1)CC2. The molecular formula is C15H27N3O. The van der Waals surface area contributed by atoms with Gasteiger partial charge in [0.2, 0.25) is 5.91 Å². The highest BCUT2D eigenvalue weighted by molar-refractivity contribution is 5.79. The van der Waals surface area contributed by atoms with E-state index in [1.165, 1.54) is 19.3 Å². The van der Waals surface area contributed by atoms with E-state index in [1.54, 1.807) is 0 Å². The average Bonchev–Trinajstić information content (AvgIpc) is 3.12. The van der Waals surface area contributed by atoms with Crippen LogP contribution in [0.2, 0.25) is 0 Å². The minimum atomic E-state index is 0.312. The number of nitrogens with one attached hydrogen (secondary N) is 1. The zero-order valence-electron chi connectivity index (χ0n) is 12.3. The predicted octanol–water partition coefficient (Wildman–Crippen LogP) is 0.929. The summed E-state index contributed by atoms with van der Waals surface area (Å²) in [5, 5.41) is 3.41. The van der Waals surface area contributed by atoms with Gasteiger partial charge in [-0.3, -0.25) is 4.79 Å². The van der Waals surface area contributed by atoms with Crippen molar-refractivity contribution in [3.63, 3.8) is 0 Å². The fraction of sp³-hybridized carbons (Fsp3) is 0.933. The molecule has 4 nitrogen and oxygen atoms in total. The van der Waals surface area contributed by atoms with Crippen LogP contribution in [0.4, 0.5) is 0 Å². The van der Waals surface area contributed by atoms with Gasteiger partial charge in [0, 0.05) is 38.1 Å². The van der Waals surface area contributed by atoms with Gasteiger partial charge < -0.3 is 15.1 Å². The van der Waals surface area contributed by atoms with Crippen molar-refractivity contribution in [2.45, 2.75) is 38.1 Å². The monoisotopic (exact) mass is 265 g/mol. The third kappa shape index (κ3) is 2.52. The summed E-state index contributed by atoms with van der Waals surface area (Å²) in [5.41, 5.74) is 0.563. The molecule has 3 aliphatic rings. The van der Waals surface area contributed by atoms with Crippen LogP contribution in [0.15, 0.2) is 0 Å². The molecule has 2 saturated carbocycles. The van der Waals surface area contributed by atoms with Gasteiger partial charge in [-0.25, -0.2) is 0 Å². The highest BCUT2D eigenvalue weighted by Crippen LogP contribution is 2.57. The highest BCUT2D eigenvalue weighted by atomic mass is 16.2. The summed E-state index contributed by atoms with van der Waals surface area (Å²) in [5.74, 6) is 0.747. The maximum atomic E-state index is 12.5. The molecule has 0 radical (unpaired) electrons. The minimum absolute atomic E-state index is 0.312. The van der Waals surface area contributed by atoms with Gasteiger partial charge in [0.1, 0.15) is 0 Å². The second-order valence-corrected chi connectivity index (χ2v) is 6.81. The lowest BCUT2D eigenvalue weighted by Gasteiger charge is -2.37. The number of nitrogens with zero attached hydrogens (tertiary/aromatic N) is 2. The van der Waals surface area contributed by atoms with Crippen molar-refractivity contribution in [2.24, 2.45) is 11.3 Å². The first-order chi connectivity index (χ1) is 9.14. The quantitative estimate of drug-likeness (QED) is 0.807. The van der Waals surface area contributed by atoms with Gasteiger partial charge in [0.25, 0.3) is 0 Å². The molecule has 3 rings (SSSR count). The highest BCUT2D eigenvalue weighted by Gasteiger charge is 2.54. The Kier molecular flexibility index (Phi) is 3.56. The molecule has 0 aromatic rings. The molecular weight excluding hydrogens is 238 g/mol. The smallest absolute Gasteiger partial charge is 0.225 e. The number of hydrogen-bond donors (Lipinski definition) is 1. The molecule has 1 amide bonds. The summed E-state index contributed by atoms with van der Waals surface area (Å²) in [6.07, 6.45) is 6.07. The molecule has 2 aliphatic carbocycles. The van der Waals surface area contributed by atoms with Crippen molar-refractivity contribution >= 4 is 5.91 Å². The molecule has 0 bridgehead atoms. The Morgan fingerprint density at radius 1 is 1.16 bits per heavy atom. The van der Waals surface area contributed by atoms with Gasteiger partial charge >= 0.3 is 0 Å². The average molecular weight is 265 g/mol. The summed E-state index contributed by atoms with van der Waals surface area (Å²) in [7, 11) is 4.21. The van der Waals surface area contributed by atoms with Crippen LogP contribution in [0.1, 0.15) is 32.1 Å². The maximum absolute atomic E-state index is 12.5. The van der Waals surface area contributed by atoms with Gasteiger partial charge in [-0.2, -0.15) is 0 Å². The Morgan fingerprint density at radius 2 is 1.79 bits per heavy atom. The molecule has 19 heavy (non-hydrogen) atoms. The van der Waals surface area contributed by atoms with E-state index in [4.69, 9.17) is 0 Å². The molecule has 0 aromatic carbocycles. The van der Waals surface area contributed by atoms with E-state index >= 15 is 0 Å². The molecule has 0 aromatic heterocycles. The van der Waals surface area contributed by atoms with E-state index in [2.05, 4.69) is 29.2 Å². The molecule has 1 unspecified atom stereocenters. The molecule has 1 heterocycles. The molecule has 1 saturated heterocycles. The first-order valence-electron chi connectivity index (χ1n) is 7.79. The Balaban J connectivity index is 1.50. The van der Waals surface area contributed by atoms with Crippen LogP contribution < -0.4 is 5.32 Å². The summed E-state index contributed by atoms with van der Waals surface area (Å²) >= 11 is 0. The van der Waals surface area contributed by atoms with Gasteiger partial charge in [-0.05, 0) is 51.6 Å². The molecule has 3 fully saturated rings. The van der Waals surface area contributed by atoms with E-state index in [0.717, 1.165) is 45.1 Å². The zero-order chi connectivity index (χ0) is 13.5. The number of likely N-dealkylation sites (N-methyl/N-ethyl adjacent to an activating group) is 1. The van der Waals surface area contributed by atoms with E-state index in [9.17, 15) is 4.79 Å². The Bertz CT molecular complexity index is 341. The normalized spacial score (nSPS) is 39.6. The first kappa shape index (κ1) is 13.4. The summed E-state index contributed by atoms with van der Waals surface area (Å²) in [4.78, 5) is 16.9. The largest absolute Gasteiger partial charge is 0.340 e. The standard InChI is InChI=1S/C15H27N3O/c1-16-13-11-15(13)5-3-12(4-6-15)14(19)18-9-7-17(2)8-10-18/h12-13,16H,3-11H2,1-2H3. The van der Waals surface area contributed by atoms with Gasteiger partial charge in [-0.1, -0.05) is 0 Å². The van der Waals surface area contributed by atoms with Crippen molar-refractivity contribution < 1.29 is 4.79 Å². The Labute approximate surface area is 116 Å². The van der Waals surface area contributed by atoms with Crippen LogP contribution in [-0.4, -0.2) is 62.0 Å². The fourth-order valence-electron chi connectivity index (χ4n) is 4.03. The van der Waals surface area contributed by atoms with Crippen molar-refractivity contribution in [2.75, 3.05) is 40.3 Å². The van der Waals surface area contributed by atoms with Gasteiger partial charge in [-0.15, -0.1) is 0 Å². The van der Waals surface area contributed by atoms with Gasteiger partial charge in [0.05, 0.1) is 0 Å². The number of carbonyl (C=O) groups excluding carboxylic acids is 1. The van der Waals surface area contributed by atoms with Crippen LogP contribution in [0, 0.1) is 11.3 Å². The number of amides is 1. The van der Waals surface area contributed by atoms with E-state index in [-0.39, 0.29) is 0 Å². The second-order valence-electron chi connectivity index (χ2n) is 6.81. The van der Waals surface area contributed by atoms with E-state index in [0.29, 0.717) is 17.2 Å². The Hall–Kier alpha value is -0.610. The topological polar surface area (TPSA) is 35.6 Å². The van der Waals surface area contributed by atoms with Crippen molar-refractivity contribution in [1.29, 1.82) is 0 Å². The second kappa shape index (κ2) is 5.06. The van der Waals surface area contributed by atoms with Crippen LogP contribution in [0.5, 0.6) is 0 Å². The molecule has 1 aliphatic heterocycles. The van der Waals surface area contributed by atoms with Crippen LogP contribution >= 0.6 is 0 Å². The molecule has 1 atom stereocenters. The number of hydrogen-bond acceptors (Lipinski definition) is 3. The van der Waals surface area contributed by atoms with Crippen LogP contribution in [0.3, 0.4) is 0 Å². The van der Waals surface area contributed by atoms with E-state index in [1.807, 2.05) is 0 Å². The number of rotatable bonds is 2. The molecule has 4 heteroatoms. The summed E-state index contributed by atoms with van der Waals surface area (Å²) in [6, 6.07) is 0.729. The third-order valence-corrected chi connectivity index (χ3v) is 5.68. The molecule has 108 valence electrons. The van der Waals surface area contributed by atoms with Crippen molar-refractivity contribution in [3.05, 3.63) is 0 Å². The lowest BCUT2D eigenvalue weighted by Crippen LogP contribution is -2.49.